The summed E-state index contributed by atoms with van der Waals surface area (Å²) in [4.78, 5) is 17.5. The highest BCUT2D eigenvalue weighted by atomic mass is 35.5. The third-order valence-corrected chi connectivity index (χ3v) is 6.13. The van der Waals surface area contributed by atoms with E-state index in [1.54, 1.807) is 0 Å². The fourth-order valence-electron chi connectivity index (χ4n) is 3.59. The number of carbonyl (C=O) groups is 1. The molecule has 1 aromatic heterocycles. The lowest BCUT2D eigenvalue weighted by Gasteiger charge is -2.18. The zero-order valence-electron chi connectivity index (χ0n) is 15.9. The quantitative estimate of drug-likeness (QED) is 0.572. The summed E-state index contributed by atoms with van der Waals surface area (Å²) in [6.45, 7) is 1.62. The highest BCUT2D eigenvalue weighted by Gasteiger charge is 2.34. The number of nitrogens with zero attached hydrogens (tertiary/aromatic N) is 1. The van der Waals surface area contributed by atoms with E-state index in [9.17, 15) is 4.79 Å². The lowest BCUT2D eigenvalue weighted by Crippen LogP contribution is -2.29. The molecule has 0 saturated carbocycles. The van der Waals surface area contributed by atoms with Crippen LogP contribution in [-0.2, 0) is 4.79 Å². The minimum absolute atomic E-state index is 0.0875. The van der Waals surface area contributed by atoms with E-state index in [4.69, 9.17) is 21.1 Å². The van der Waals surface area contributed by atoms with Crippen LogP contribution in [0.2, 0.25) is 5.02 Å². The number of anilines is 1. The van der Waals surface area contributed by atoms with Crippen LogP contribution in [0.3, 0.4) is 0 Å². The van der Waals surface area contributed by atoms with Crippen molar-refractivity contribution < 1.29 is 14.3 Å². The summed E-state index contributed by atoms with van der Waals surface area (Å²) in [7, 11) is 0. The van der Waals surface area contributed by atoms with Crippen molar-refractivity contribution in [2.24, 2.45) is 5.92 Å². The average molecular weight is 443 g/mol. The van der Waals surface area contributed by atoms with Crippen molar-refractivity contribution in [1.82, 2.24) is 15.8 Å². The maximum Gasteiger partial charge on any atom is 0.232 e. The SMILES string of the molecule is O=C(Nc1nc(-c2ccc3c(c2)OCCO3)cs1)C1CNNC1c1ccc(Cl)cc1. The van der Waals surface area contributed by atoms with Crippen LogP contribution in [0.5, 0.6) is 11.5 Å². The zero-order valence-corrected chi connectivity index (χ0v) is 17.4. The molecule has 2 atom stereocenters. The number of fused-ring (bicyclic) bond motifs is 1. The van der Waals surface area contributed by atoms with E-state index in [1.165, 1.54) is 11.3 Å². The number of benzene rings is 2. The second-order valence-electron chi connectivity index (χ2n) is 7.05. The van der Waals surface area contributed by atoms with Crippen LogP contribution in [-0.4, -0.2) is 30.6 Å². The van der Waals surface area contributed by atoms with Gasteiger partial charge in [-0.05, 0) is 35.9 Å². The highest BCUT2D eigenvalue weighted by Crippen LogP contribution is 2.35. The molecule has 1 saturated heterocycles. The standard InChI is InChI=1S/C21H19ClN4O3S/c22-14-4-1-12(2-5-14)19-15(10-23-26-19)20(27)25-21-24-16(11-30-21)13-3-6-17-18(9-13)29-8-7-28-17/h1-6,9,11,15,19,23,26H,7-8,10H2,(H,24,25,27). The van der Waals surface area contributed by atoms with Crippen molar-refractivity contribution in [2.75, 3.05) is 25.1 Å². The van der Waals surface area contributed by atoms with Gasteiger partial charge in [-0.2, -0.15) is 0 Å². The highest BCUT2D eigenvalue weighted by molar-refractivity contribution is 7.14. The van der Waals surface area contributed by atoms with E-state index in [-0.39, 0.29) is 17.9 Å². The number of hydrogen-bond donors (Lipinski definition) is 3. The van der Waals surface area contributed by atoms with Gasteiger partial charge in [0.05, 0.1) is 17.7 Å². The molecule has 3 heterocycles. The molecule has 1 amide bonds. The number of rotatable bonds is 4. The van der Waals surface area contributed by atoms with Gasteiger partial charge in [0.25, 0.3) is 0 Å². The van der Waals surface area contributed by atoms with E-state index in [0.717, 1.165) is 22.6 Å². The van der Waals surface area contributed by atoms with Gasteiger partial charge < -0.3 is 14.8 Å². The molecule has 1 fully saturated rings. The van der Waals surface area contributed by atoms with Gasteiger partial charge in [0.1, 0.15) is 13.2 Å². The molecule has 9 heteroatoms. The van der Waals surface area contributed by atoms with Crippen molar-refractivity contribution >= 4 is 34.0 Å². The smallest absolute Gasteiger partial charge is 0.232 e. The summed E-state index contributed by atoms with van der Waals surface area (Å²) in [5.41, 5.74) is 8.95. The number of thiazole rings is 1. The lowest BCUT2D eigenvalue weighted by molar-refractivity contribution is -0.119. The summed E-state index contributed by atoms with van der Waals surface area (Å²) in [5, 5.41) is 6.10. The molecule has 30 heavy (non-hydrogen) atoms. The van der Waals surface area contributed by atoms with Crippen LogP contribution in [0, 0.1) is 5.92 Å². The van der Waals surface area contributed by atoms with Gasteiger partial charge in [-0.25, -0.2) is 10.4 Å². The lowest BCUT2D eigenvalue weighted by atomic mass is 9.94. The van der Waals surface area contributed by atoms with E-state index in [1.807, 2.05) is 47.8 Å². The fraction of sp³-hybridized carbons (Fsp3) is 0.238. The zero-order chi connectivity index (χ0) is 20.5. The first-order valence-corrected chi connectivity index (χ1v) is 10.8. The fourth-order valence-corrected chi connectivity index (χ4v) is 4.44. The van der Waals surface area contributed by atoms with E-state index >= 15 is 0 Å². The molecule has 7 nitrogen and oxygen atoms in total. The molecule has 3 aromatic rings. The number of aromatic nitrogens is 1. The Morgan fingerprint density at radius 2 is 1.93 bits per heavy atom. The topological polar surface area (TPSA) is 84.5 Å². The Labute approximate surface area is 182 Å². The van der Waals surface area contributed by atoms with Crippen LogP contribution >= 0.6 is 22.9 Å². The Kier molecular flexibility index (Phi) is 5.30. The van der Waals surface area contributed by atoms with Crippen molar-refractivity contribution in [2.45, 2.75) is 6.04 Å². The number of hydrazine groups is 1. The van der Waals surface area contributed by atoms with Crippen molar-refractivity contribution in [3.63, 3.8) is 0 Å². The Hall–Kier alpha value is -2.65. The molecule has 0 radical (unpaired) electrons. The van der Waals surface area contributed by atoms with E-state index in [0.29, 0.717) is 35.7 Å². The van der Waals surface area contributed by atoms with Crippen molar-refractivity contribution in [3.05, 3.63) is 58.4 Å². The van der Waals surface area contributed by atoms with Gasteiger partial charge in [-0.15, -0.1) is 11.3 Å². The summed E-state index contributed by atoms with van der Waals surface area (Å²) < 4.78 is 11.2. The average Bonchev–Trinajstić information content (AvgIpc) is 3.44. The normalized spacial score (nSPS) is 20.2. The third kappa shape index (κ3) is 3.87. The molecule has 5 rings (SSSR count). The molecule has 154 valence electrons. The minimum Gasteiger partial charge on any atom is -0.486 e. The molecule has 2 aliphatic rings. The van der Waals surface area contributed by atoms with Crippen LogP contribution < -0.4 is 25.6 Å². The first kappa shape index (κ1) is 19.3. The molecule has 3 N–H and O–H groups in total. The number of ether oxygens (including phenoxy) is 2. The predicted octanol–water partition coefficient (Wildman–Crippen LogP) is 3.64. The van der Waals surface area contributed by atoms with Gasteiger partial charge in [-0.1, -0.05) is 23.7 Å². The largest absolute Gasteiger partial charge is 0.486 e. The first-order valence-electron chi connectivity index (χ1n) is 9.57. The Morgan fingerprint density at radius 1 is 1.13 bits per heavy atom. The maximum absolute atomic E-state index is 12.9. The Morgan fingerprint density at radius 3 is 2.77 bits per heavy atom. The summed E-state index contributed by atoms with van der Waals surface area (Å²) in [6, 6.07) is 13.1. The van der Waals surface area contributed by atoms with E-state index in [2.05, 4.69) is 21.2 Å². The molecule has 0 spiro atoms. The van der Waals surface area contributed by atoms with Crippen LogP contribution in [0.4, 0.5) is 5.13 Å². The molecular weight excluding hydrogens is 424 g/mol. The monoisotopic (exact) mass is 442 g/mol. The van der Waals surface area contributed by atoms with Crippen LogP contribution in [0.25, 0.3) is 11.3 Å². The number of carbonyl (C=O) groups excluding carboxylic acids is 1. The van der Waals surface area contributed by atoms with E-state index < -0.39 is 0 Å². The number of halogens is 1. The summed E-state index contributed by atoms with van der Waals surface area (Å²) >= 11 is 7.37. The molecule has 2 aliphatic heterocycles. The van der Waals surface area contributed by atoms with Gasteiger partial charge in [0, 0.05) is 22.5 Å². The summed E-state index contributed by atoms with van der Waals surface area (Å²) in [6.07, 6.45) is 0. The van der Waals surface area contributed by atoms with Crippen molar-refractivity contribution in [1.29, 1.82) is 0 Å². The Bertz CT molecular complexity index is 1070. The van der Waals surface area contributed by atoms with Crippen LogP contribution in [0.15, 0.2) is 47.8 Å². The number of nitrogens with one attached hydrogen (secondary N) is 3. The summed E-state index contributed by atoms with van der Waals surface area (Å²) in [5.74, 6) is 1.10. The molecular formula is C21H19ClN4O3S. The van der Waals surface area contributed by atoms with Gasteiger partial charge in [0.2, 0.25) is 5.91 Å². The first-order chi connectivity index (χ1) is 14.7. The van der Waals surface area contributed by atoms with Gasteiger partial charge in [0.15, 0.2) is 16.6 Å². The second kappa shape index (κ2) is 8.23. The minimum atomic E-state index is -0.271. The molecule has 2 aromatic carbocycles. The third-order valence-electron chi connectivity index (χ3n) is 5.12. The number of hydrogen-bond acceptors (Lipinski definition) is 7. The van der Waals surface area contributed by atoms with Gasteiger partial charge >= 0.3 is 0 Å². The Balaban J connectivity index is 1.30. The molecule has 2 unspecified atom stereocenters. The molecule has 0 aliphatic carbocycles. The maximum atomic E-state index is 12.9. The number of amides is 1. The van der Waals surface area contributed by atoms with Crippen molar-refractivity contribution in [3.8, 4) is 22.8 Å². The van der Waals surface area contributed by atoms with Gasteiger partial charge in [-0.3, -0.25) is 10.2 Å². The molecule has 0 bridgehead atoms. The predicted molar refractivity (Wildman–Crippen MR) is 116 cm³/mol. The van der Waals surface area contributed by atoms with Crippen LogP contribution in [0.1, 0.15) is 11.6 Å². The second-order valence-corrected chi connectivity index (χ2v) is 8.34.